The van der Waals surface area contributed by atoms with Crippen molar-refractivity contribution in [3.8, 4) is 17.6 Å². The van der Waals surface area contributed by atoms with Crippen molar-refractivity contribution in [3.05, 3.63) is 150 Å². The van der Waals surface area contributed by atoms with Crippen LogP contribution in [0.1, 0.15) is 82.2 Å². The van der Waals surface area contributed by atoms with E-state index in [1.54, 1.807) is 12.3 Å². The Morgan fingerprint density at radius 3 is 2.18 bits per heavy atom. The molecule has 5 heterocycles. The predicted molar refractivity (Wildman–Crippen MR) is 275 cm³/mol. The van der Waals surface area contributed by atoms with E-state index in [1.165, 1.54) is 55.2 Å². The molecule has 0 spiro atoms. The van der Waals surface area contributed by atoms with Crippen molar-refractivity contribution in [3.63, 3.8) is 0 Å². The number of nitriles is 1. The van der Waals surface area contributed by atoms with Gasteiger partial charge in [-0.3, -0.25) is 4.79 Å². The van der Waals surface area contributed by atoms with Crippen LogP contribution in [-0.4, -0.2) is 94.0 Å². The van der Waals surface area contributed by atoms with Crippen LogP contribution in [-0.2, 0) is 21.6 Å². The number of piperazine rings is 1. The molecule has 378 valence electrons. The first-order chi connectivity index (χ1) is 35.1. The number of aromatic nitrogens is 4. The molecule has 0 aliphatic carbocycles. The largest absolute Gasteiger partial charge is 0.494 e. The predicted octanol–water partition coefficient (Wildman–Crippen LogP) is 11.0. The van der Waals surface area contributed by atoms with Crippen LogP contribution in [0.3, 0.4) is 0 Å². The molecular formula is C55H63F2N9O5S. The number of halogens is 2. The zero-order valence-electron chi connectivity index (χ0n) is 41.2. The molecule has 0 radical (unpaired) electrons. The highest BCUT2D eigenvalue weighted by atomic mass is 32.3. The van der Waals surface area contributed by atoms with Gasteiger partial charge < -0.3 is 38.4 Å². The maximum atomic E-state index is 15.1. The topological polar surface area (TPSA) is 143 Å². The molecule has 3 aliphatic heterocycles. The Morgan fingerprint density at radius 1 is 0.861 bits per heavy atom. The van der Waals surface area contributed by atoms with E-state index in [0.717, 1.165) is 78.4 Å². The Bertz CT molecular complexity index is 2760. The third kappa shape index (κ3) is 11.3. The lowest BCUT2D eigenvalue weighted by atomic mass is 9.94. The number of pyridine rings is 1. The molecule has 0 saturated carbocycles. The Labute approximate surface area is 422 Å². The molecule has 1 N–H and O–H groups in total. The standard InChI is InChI=1S/C55H63F2N9O5S/c1-4-5-6-7-8-9-30-68-47-19-13-43(14-20-47)62-72(35-52(66(40(2)3)54(72)67)41-10-12-44(32-58)60-33-41)49-23-17-46(18-24-49)64-28-26-63(27-29-64)45-15-21-48(22-16-45)69-34-53-70-37-55(71-53,36-65-39-59-38-61-65)50-25-11-42(56)31-51(50)57/h10-25,31,33,38-40,52-53,62H,4-9,26-30,34-37H2,1-3H3/t52?,53-,55+/m0/s1. The molecule has 9 rings (SSSR count). The highest BCUT2D eigenvalue weighted by molar-refractivity contribution is 8.46. The summed E-state index contributed by atoms with van der Waals surface area (Å²) in [5.74, 6) is 0.570. The lowest BCUT2D eigenvalue weighted by molar-refractivity contribution is -0.117. The van der Waals surface area contributed by atoms with Gasteiger partial charge in [0.2, 0.25) is 0 Å². The smallest absolute Gasteiger partial charge is 0.286 e. The second-order valence-electron chi connectivity index (χ2n) is 18.9. The van der Waals surface area contributed by atoms with Crippen molar-refractivity contribution in [2.24, 2.45) is 0 Å². The lowest BCUT2D eigenvalue weighted by Gasteiger charge is -2.38. The van der Waals surface area contributed by atoms with Crippen LogP contribution in [0, 0.1) is 23.0 Å². The minimum Gasteiger partial charge on any atom is -0.494 e. The molecule has 3 aliphatic rings. The summed E-state index contributed by atoms with van der Waals surface area (Å²) in [7, 11) is -2.34. The van der Waals surface area contributed by atoms with Crippen LogP contribution in [0.15, 0.2) is 127 Å². The Hall–Kier alpha value is -6.74. The Balaban J connectivity index is 0.838. The molecule has 1 amide bonds. The number of hydrogen-bond donors (Lipinski definition) is 1. The molecule has 6 aromatic rings. The number of benzene rings is 4. The molecule has 14 nitrogen and oxygen atoms in total. The zero-order valence-corrected chi connectivity index (χ0v) is 42.0. The molecule has 17 heteroatoms. The summed E-state index contributed by atoms with van der Waals surface area (Å²) in [5.41, 5.74) is 3.16. The zero-order chi connectivity index (χ0) is 50.1. The maximum Gasteiger partial charge on any atom is 0.286 e. The number of carbonyl (C=O) groups excluding carboxylic acids is 1. The number of rotatable bonds is 21. The van der Waals surface area contributed by atoms with Crippen LogP contribution in [0.2, 0.25) is 0 Å². The third-order valence-corrected chi connectivity index (χ3v) is 16.9. The summed E-state index contributed by atoms with van der Waals surface area (Å²) in [6, 6.07) is 33.3. The van der Waals surface area contributed by atoms with Gasteiger partial charge in [0, 0.05) is 77.8 Å². The molecule has 0 bridgehead atoms. The normalized spacial score (nSPS) is 22.0. The van der Waals surface area contributed by atoms with Crippen LogP contribution >= 0.6 is 10.2 Å². The van der Waals surface area contributed by atoms with Gasteiger partial charge in [-0.15, -0.1) is 0 Å². The second kappa shape index (κ2) is 22.8. The van der Waals surface area contributed by atoms with E-state index in [1.807, 2.05) is 59.5 Å². The van der Waals surface area contributed by atoms with Crippen molar-refractivity contribution < 1.29 is 32.5 Å². The van der Waals surface area contributed by atoms with Crippen molar-refractivity contribution in [2.75, 3.05) is 66.3 Å². The van der Waals surface area contributed by atoms with E-state index < -0.39 is 33.7 Å². The Kier molecular flexibility index (Phi) is 15.9. The second-order valence-corrected chi connectivity index (χ2v) is 21.7. The number of amides is 1. The van der Waals surface area contributed by atoms with Gasteiger partial charge in [-0.05, 0) is 111 Å². The van der Waals surface area contributed by atoms with Crippen LogP contribution < -0.4 is 24.0 Å². The lowest BCUT2D eigenvalue weighted by Crippen LogP contribution is -2.46. The van der Waals surface area contributed by atoms with Gasteiger partial charge in [0.15, 0.2) is 6.29 Å². The first-order valence-electron chi connectivity index (χ1n) is 25.0. The highest BCUT2D eigenvalue weighted by Gasteiger charge is 2.51. The quantitative estimate of drug-likeness (QED) is 0.0686. The van der Waals surface area contributed by atoms with Crippen LogP contribution in [0.25, 0.3) is 0 Å². The van der Waals surface area contributed by atoms with E-state index in [9.17, 15) is 9.65 Å². The molecule has 2 unspecified atom stereocenters. The fourth-order valence-electron chi connectivity index (χ4n) is 9.83. The number of nitrogens with zero attached hydrogens (tertiary/aromatic N) is 8. The fraction of sp³-hybridized carbons (Fsp3) is 0.400. The van der Waals surface area contributed by atoms with Crippen molar-refractivity contribution in [2.45, 2.75) is 94.7 Å². The van der Waals surface area contributed by atoms with E-state index in [-0.39, 0.29) is 42.6 Å². The molecule has 3 saturated heterocycles. The molecular weight excluding hydrogens is 937 g/mol. The number of unbranched alkanes of at least 4 members (excludes halogenated alkanes) is 5. The first-order valence-corrected chi connectivity index (χ1v) is 26.8. The summed E-state index contributed by atoms with van der Waals surface area (Å²) in [6.07, 6.45) is 11.0. The first kappa shape index (κ1) is 50.2. The van der Waals surface area contributed by atoms with Gasteiger partial charge >= 0.3 is 0 Å². The average Bonchev–Trinajstić information content (AvgIpc) is 4.15. The van der Waals surface area contributed by atoms with E-state index in [2.05, 4.69) is 80.7 Å². The maximum absolute atomic E-state index is 15.1. The summed E-state index contributed by atoms with van der Waals surface area (Å²) < 4.78 is 58.7. The monoisotopic (exact) mass is 999 g/mol. The number of carbonyl (C=O) groups is 1. The van der Waals surface area contributed by atoms with E-state index in [4.69, 9.17) is 18.9 Å². The fourth-order valence-corrected chi connectivity index (χ4v) is 13.3. The summed E-state index contributed by atoms with van der Waals surface area (Å²) in [4.78, 5) is 31.1. The number of nitrogens with one attached hydrogen (secondary N) is 1. The van der Waals surface area contributed by atoms with Gasteiger partial charge in [-0.2, -0.15) is 10.4 Å². The third-order valence-electron chi connectivity index (χ3n) is 13.6. The van der Waals surface area contributed by atoms with Gasteiger partial charge in [-0.1, -0.05) is 61.4 Å². The summed E-state index contributed by atoms with van der Waals surface area (Å²) in [5, 5.41) is 13.7. The SMILES string of the molecule is CCCCCCCCOc1ccc(NS2(c3ccc(N4CCN(c5ccc(OC[C@H]6OC[C@](Cn7cncn7)(c7ccc(F)cc7F)O6)cc5)CC4)cc3)CC(c3ccc(C#N)nc3)N(C(C)C)C2=O)cc1. The molecule has 3 fully saturated rings. The van der Waals surface area contributed by atoms with Crippen molar-refractivity contribution in [1.82, 2.24) is 24.6 Å². The minimum absolute atomic E-state index is 0.0126. The minimum atomic E-state index is -2.34. The van der Waals surface area contributed by atoms with Crippen LogP contribution in [0.5, 0.6) is 11.5 Å². The molecule has 72 heavy (non-hydrogen) atoms. The van der Waals surface area contributed by atoms with Crippen LogP contribution in [0.4, 0.5) is 30.6 Å². The van der Waals surface area contributed by atoms with E-state index in [0.29, 0.717) is 23.8 Å². The number of anilines is 3. The van der Waals surface area contributed by atoms with Gasteiger partial charge in [-0.25, -0.2) is 23.4 Å². The van der Waals surface area contributed by atoms with Crippen molar-refractivity contribution in [1.29, 1.82) is 5.26 Å². The molecule has 2 aromatic heterocycles. The Morgan fingerprint density at radius 2 is 1.54 bits per heavy atom. The number of hydrogen-bond acceptors (Lipinski definition) is 12. The molecule has 4 atom stereocenters. The van der Waals surface area contributed by atoms with Gasteiger partial charge in [0.1, 0.15) is 59.8 Å². The number of ether oxygens (including phenoxy) is 4. The average molecular weight is 1000 g/mol. The highest BCUT2D eigenvalue weighted by Crippen LogP contribution is 2.65. The van der Waals surface area contributed by atoms with Crippen molar-refractivity contribution >= 4 is 32.5 Å². The summed E-state index contributed by atoms with van der Waals surface area (Å²) in [6.45, 7) is 10.4. The molecule has 4 aromatic carbocycles. The van der Waals surface area contributed by atoms with Gasteiger partial charge in [0.05, 0.1) is 25.8 Å². The van der Waals surface area contributed by atoms with E-state index >= 15 is 9.18 Å². The summed E-state index contributed by atoms with van der Waals surface area (Å²) >= 11 is 0. The van der Waals surface area contributed by atoms with Gasteiger partial charge in [0.25, 0.3) is 5.24 Å².